The Morgan fingerprint density at radius 2 is 2.25 bits per heavy atom. The molecule has 16 heavy (non-hydrogen) atoms. The van der Waals surface area contributed by atoms with Crippen molar-refractivity contribution < 1.29 is 22.8 Å². The van der Waals surface area contributed by atoms with Gasteiger partial charge in [0.25, 0.3) is 0 Å². The fourth-order valence-electron chi connectivity index (χ4n) is 1.35. The van der Waals surface area contributed by atoms with Crippen LogP contribution in [0.4, 0.5) is 0 Å². The van der Waals surface area contributed by atoms with Crippen LogP contribution in [-0.4, -0.2) is 26.4 Å². The molecular formula is C10H11O5S-. The van der Waals surface area contributed by atoms with Gasteiger partial charge in [0.1, 0.15) is 0 Å². The number of hydrogen-bond donors (Lipinski definition) is 1. The first kappa shape index (κ1) is 12.8. The molecule has 0 aliphatic heterocycles. The summed E-state index contributed by atoms with van der Waals surface area (Å²) < 4.78 is 24.6. The molecule has 0 bridgehead atoms. The fraction of sp³-hybridized carbons (Fsp3) is 0.300. The lowest BCUT2D eigenvalue weighted by molar-refractivity contribution is 0.0696. The van der Waals surface area contributed by atoms with Crippen LogP contribution in [0.25, 0.3) is 0 Å². The van der Waals surface area contributed by atoms with Crippen LogP contribution in [-0.2, 0) is 22.0 Å². The van der Waals surface area contributed by atoms with Gasteiger partial charge in [-0.2, -0.15) is 0 Å². The van der Waals surface area contributed by atoms with Gasteiger partial charge in [-0.15, -0.1) is 0 Å². The van der Waals surface area contributed by atoms with Crippen molar-refractivity contribution >= 4 is 17.3 Å². The number of carbonyl (C=O) groups is 1. The molecule has 1 unspecified atom stereocenters. The highest BCUT2D eigenvalue weighted by molar-refractivity contribution is 7.74. The number of aromatic carboxylic acids is 1. The van der Waals surface area contributed by atoms with Crippen molar-refractivity contribution in [3.05, 3.63) is 34.9 Å². The summed E-state index contributed by atoms with van der Waals surface area (Å²) in [6, 6.07) is 4.86. The van der Waals surface area contributed by atoms with Crippen LogP contribution < -0.4 is 0 Å². The van der Waals surface area contributed by atoms with E-state index < -0.39 is 17.3 Å². The molecule has 1 rings (SSSR count). The zero-order valence-electron chi connectivity index (χ0n) is 8.63. The highest BCUT2D eigenvalue weighted by Gasteiger charge is 2.06. The molecule has 0 radical (unpaired) electrons. The maximum Gasteiger partial charge on any atom is 0.335 e. The van der Waals surface area contributed by atoms with Crippen LogP contribution in [0, 0.1) is 6.92 Å². The summed E-state index contributed by atoms with van der Waals surface area (Å²) >= 11 is -2.50. The lowest BCUT2D eigenvalue weighted by Gasteiger charge is -2.07. The second kappa shape index (κ2) is 5.74. The number of rotatable bonds is 5. The van der Waals surface area contributed by atoms with E-state index in [0.29, 0.717) is 12.0 Å². The average molecular weight is 243 g/mol. The van der Waals surface area contributed by atoms with Crippen LogP contribution in [0.5, 0.6) is 0 Å². The summed E-state index contributed by atoms with van der Waals surface area (Å²) in [5.41, 5.74) is 1.73. The van der Waals surface area contributed by atoms with Gasteiger partial charge in [0.2, 0.25) is 0 Å². The average Bonchev–Trinajstić information content (AvgIpc) is 2.16. The van der Waals surface area contributed by atoms with E-state index in [0.717, 1.165) is 5.56 Å². The van der Waals surface area contributed by atoms with Gasteiger partial charge >= 0.3 is 5.97 Å². The van der Waals surface area contributed by atoms with E-state index in [9.17, 15) is 13.6 Å². The molecule has 5 nitrogen and oxygen atoms in total. The van der Waals surface area contributed by atoms with Crippen molar-refractivity contribution in [1.82, 2.24) is 0 Å². The zero-order valence-corrected chi connectivity index (χ0v) is 9.45. The Bertz CT molecular complexity index is 416. The van der Waals surface area contributed by atoms with Crippen LogP contribution in [0.3, 0.4) is 0 Å². The molecule has 0 heterocycles. The Kier molecular flexibility index (Phi) is 4.60. The number of aryl methyl sites for hydroxylation is 1. The van der Waals surface area contributed by atoms with Gasteiger partial charge in [-0.05, 0) is 30.5 Å². The summed E-state index contributed by atoms with van der Waals surface area (Å²) in [5.74, 6) is -0.971. The number of benzene rings is 1. The molecule has 0 saturated carbocycles. The molecule has 88 valence electrons. The molecular weight excluding hydrogens is 232 g/mol. The number of carboxylic acids is 1. The third-order valence-corrected chi connectivity index (χ3v) is 2.45. The van der Waals surface area contributed by atoms with E-state index in [1.54, 1.807) is 19.1 Å². The fourth-order valence-corrected chi connectivity index (χ4v) is 1.57. The molecule has 1 aromatic carbocycles. The maximum absolute atomic E-state index is 10.7. The summed E-state index contributed by atoms with van der Waals surface area (Å²) in [7, 11) is 0. The molecule has 1 N–H and O–H groups in total. The molecule has 0 aliphatic carbocycles. The Morgan fingerprint density at radius 3 is 2.75 bits per heavy atom. The zero-order chi connectivity index (χ0) is 12.1. The molecule has 0 aromatic heterocycles. The van der Waals surface area contributed by atoms with Crippen molar-refractivity contribution in [1.29, 1.82) is 0 Å². The minimum absolute atomic E-state index is 0.0575. The van der Waals surface area contributed by atoms with Crippen molar-refractivity contribution in [2.75, 3.05) is 6.61 Å². The highest BCUT2D eigenvalue weighted by atomic mass is 32.2. The summed E-state index contributed by atoms with van der Waals surface area (Å²) in [4.78, 5) is 10.7. The third kappa shape index (κ3) is 3.73. The minimum atomic E-state index is -2.50. The topological polar surface area (TPSA) is 86.7 Å². The molecule has 6 heteroatoms. The Hall–Kier alpha value is -1.24. The second-order valence-electron chi connectivity index (χ2n) is 3.23. The predicted molar refractivity (Wildman–Crippen MR) is 56.7 cm³/mol. The summed E-state index contributed by atoms with van der Waals surface area (Å²) in [6.45, 7) is 1.75. The van der Waals surface area contributed by atoms with Gasteiger partial charge in [0.05, 0.1) is 23.5 Å². The van der Waals surface area contributed by atoms with Gasteiger partial charge in [0.15, 0.2) is 0 Å². The Balaban J connectivity index is 2.66. The number of carboxylic acid groups (broad SMARTS) is 1. The standard InChI is InChI=1S/C10H12O5S/c1-7-6-8(4-5-15-16(13)14)2-3-9(7)10(11)12/h2-3,6H,4-5H2,1H3,(H,11,12)(H,13,14)/p-1. The molecule has 0 fully saturated rings. The van der Waals surface area contributed by atoms with Crippen molar-refractivity contribution in [2.45, 2.75) is 13.3 Å². The van der Waals surface area contributed by atoms with E-state index >= 15 is 0 Å². The molecule has 0 amide bonds. The molecule has 0 aliphatic rings. The van der Waals surface area contributed by atoms with E-state index in [2.05, 4.69) is 4.18 Å². The Morgan fingerprint density at radius 1 is 1.56 bits per heavy atom. The first-order valence-corrected chi connectivity index (χ1v) is 5.56. The number of hydrogen-bond acceptors (Lipinski definition) is 4. The van der Waals surface area contributed by atoms with Crippen molar-refractivity contribution in [3.63, 3.8) is 0 Å². The van der Waals surface area contributed by atoms with Gasteiger partial charge < -0.3 is 13.8 Å². The van der Waals surface area contributed by atoms with Gasteiger partial charge in [-0.3, -0.25) is 0 Å². The monoisotopic (exact) mass is 243 g/mol. The molecule has 0 spiro atoms. The first-order valence-electron chi connectivity index (χ1n) is 4.56. The normalized spacial score (nSPS) is 12.4. The van der Waals surface area contributed by atoms with Crippen LogP contribution in [0.1, 0.15) is 21.5 Å². The second-order valence-corrected chi connectivity index (χ2v) is 3.87. The lowest BCUT2D eigenvalue weighted by atomic mass is 10.0. The highest BCUT2D eigenvalue weighted by Crippen LogP contribution is 2.11. The van der Waals surface area contributed by atoms with Crippen LogP contribution in [0.15, 0.2) is 18.2 Å². The molecule has 0 saturated heterocycles. The van der Waals surface area contributed by atoms with Crippen molar-refractivity contribution in [2.24, 2.45) is 0 Å². The van der Waals surface area contributed by atoms with Crippen LogP contribution >= 0.6 is 0 Å². The van der Waals surface area contributed by atoms with E-state index in [1.807, 2.05) is 0 Å². The quantitative estimate of drug-likeness (QED) is 0.781. The summed E-state index contributed by atoms with van der Waals surface area (Å²) in [5, 5.41) is 8.80. The molecule has 1 aromatic rings. The summed E-state index contributed by atoms with van der Waals surface area (Å²) in [6.07, 6.45) is 0.425. The smallest absolute Gasteiger partial charge is 0.335 e. The maximum atomic E-state index is 10.7. The minimum Gasteiger partial charge on any atom is -0.750 e. The van der Waals surface area contributed by atoms with Crippen molar-refractivity contribution in [3.8, 4) is 0 Å². The predicted octanol–water partition coefficient (Wildman–Crippen LogP) is 1.05. The van der Waals surface area contributed by atoms with E-state index in [1.165, 1.54) is 6.07 Å². The SMILES string of the molecule is Cc1cc(CCOS(=O)[O-])ccc1C(=O)O. The first-order chi connectivity index (χ1) is 7.50. The van der Waals surface area contributed by atoms with E-state index in [-0.39, 0.29) is 12.2 Å². The molecule has 1 atom stereocenters. The Labute approximate surface area is 95.5 Å². The van der Waals surface area contributed by atoms with Gasteiger partial charge in [0, 0.05) is 0 Å². The lowest BCUT2D eigenvalue weighted by Crippen LogP contribution is -2.03. The third-order valence-electron chi connectivity index (χ3n) is 2.09. The largest absolute Gasteiger partial charge is 0.750 e. The van der Waals surface area contributed by atoms with Gasteiger partial charge in [-0.1, -0.05) is 12.1 Å². The van der Waals surface area contributed by atoms with Gasteiger partial charge in [-0.25, -0.2) is 9.00 Å². The van der Waals surface area contributed by atoms with E-state index in [4.69, 9.17) is 5.11 Å². The van der Waals surface area contributed by atoms with Crippen LogP contribution in [0.2, 0.25) is 0 Å².